The van der Waals surface area contributed by atoms with Crippen LogP contribution in [0.5, 0.6) is 5.75 Å². The van der Waals surface area contributed by atoms with Crippen LogP contribution in [0.2, 0.25) is 0 Å². The predicted octanol–water partition coefficient (Wildman–Crippen LogP) is 6.34. The molecule has 0 unspecified atom stereocenters. The van der Waals surface area contributed by atoms with Crippen molar-refractivity contribution in [3.8, 4) is 5.75 Å². The Bertz CT molecular complexity index is 941. The van der Waals surface area contributed by atoms with Crippen LogP contribution in [0.4, 0.5) is 0 Å². The minimum atomic E-state index is -0.506. The average molecular weight is 364 g/mol. The van der Waals surface area contributed by atoms with E-state index in [0.29, 0.717) is 5.75 Å². The highest BCUT2D eigenvalue weighted by atomic mass is 16.3. The van der Waals surface area contributed by atoms with E-state index in [9.17, 15) is 5.11 Å². The molecule has 0 radical (unpaired) electrons. The molecule has 1 nitrogen and oxygen atoms in total. The number of aromatic hydroxyl groups is 1. The fourth-order valence-corrected chi connectivity index (χ4v) is 4.33. The number of rotatable bonds is 5. The molecule has 1 N–H and O–H groups in total. The molecular formula is C27H24O. The monoisotopic (exact) mass is 364 g/mol. The van der Waals surface area contributed by atoms with Gasteiger partial charge in [-0.05, 0) is 40.3 Å². The maximum absolute atomic E-state index is 10.7. The number of phenols is 1. The van der Waals surface area contributed by atoms with Crippen molar-refractivity contribution in [2.75, 3.05) is 0 Å². The summed E-state index contributed by atoms with van der Waals surface area (Å²) in [4.78, 5) is 0. The zero-order valence-corrected chi connectivity index (χ0v) is 16.0. The van der Waals surface area contributed by atoms with Gasteiger partial charge in [0.15, 0.2) is 0 Å². The molecule has 4 aromatic carbocycles. The zero-order chi connectivity index (χ0) is 19.4. The van der Waals surface area contributed by atoms with Crippen LogP contribution in [0.1, 0.15) is 34.7 Å². The maximum atomic E-state index is 10.7. The van der Waals surface area contributed by atoms with E-state index < -0.39 is 5.41 Å². The van der Waals surface area contributed by atoms with Gasteiger partial charge in [0, 0.05) is 0 Å². The Hall–Kier alpha value is -3.32. The molecule has 0 fully saturated rings. The van der Waals surface area contributed by atoms with Crippen molar-refractivity contribution in [2.24, 2.45) is 0 Å². The molecule has 0 atom stereocenters. The summed E-state index contributed by atoms with van der Waals surface area (Å²) < 4.78 is 0. The van der Waals surface area contributed by atoms with E-state index >= 15 is 0 Å². The van der Waals surface area contributed by atoms with Crippen molar-refractivity contribution in [3.63, 3.8) is 0 Å². The standard InChI is InChI=1S/C27H24O/c1-2-24-25(19-12-20-26(24)28)27(21-13-6-3-7-14-21,22-15-8-4-9-16-22)23-17-10-5-11-18-23/h3-20,28H,2H2,1H3. The fourth-order valence-electron chi connectivity index (χ4n) is 4.33. The van der Waals surface area contributed by atoms with Gasteiger partial charge in [-0.2, -0.15) is 0 Å². The Morgan fingerprint density at radius 2 is 1.00 bits per heavy atom. The Morgan fingerprint density at radius 3 is 1.39 bits per heavy atom. The van der Waals surface area contributed by atoms with Gasteiger partial charge < -0.3 is 5.11 Å². The van der Waals surface area contributed by atoms with Gasteiger partial charge in [-0.15, -0.1) is 0 Å². The van der Waals surface area contributed by atoms with Crippen molar-refractivity contribution in [1.29, 1.82) is 0 Å². The summed E-state index contributed by atoms with van der Waals surface area (Å²) in [6, 6.07) is 37.7. The minimum Gasteiger partial charge on any atom is -0.508 e. The first kappa shape index (κ1) is 18.1. The second-order valence-electron chi connectivity index (χ2n) is 7.00. The van der Waals surface area contributed by atoms with E-state index in [1.54, 1.807) is 6.07 Å². The molecule has 138 valence electrons. The van der Waals surface area contributed by atoms with Crippen LogP contribution in [0.15, 0.2) is 109 Å². The van der Waals surface area contributed by atoms with Crippen LogP contribution in [0.25, 0.3) is 0 Å². The van der Waals surface area contributed by atoms with E-state index in [1.165, 1.54) is 16.7 Å². The third-order valence-corrected chi connectivity index (χ3v) is 5.53. The molecular weight excluding hydrogens is 340 g/mol. The predicted molar refractivity (Wildman–Crippen MR) is 116 cm³/mol. The number of hydrogen-bond donors (Lipinski definition) is 1. The van der Waals surface area contributed by atoms with Gasteiger partial charge in [0.05, 0.1) is 5.41 Å². The number of phenolic OH excluding ortho intramolecular Hbond substituents is 1. The Labute approximate surface area is 166 Å². The molecule has 0 aromatic heterocycles. The van der Waals surface area contributed by atoms with E-state index in [1.807, 2.05) is 24.3 Å². The smallest absolute Gasteiger partial charge is 0.119 e. The summed E-state index contributed by atoms with van der Waals surface area (Å²) in [7, 11) is 0. The molecule has 4 aromatic rings. The third kappa shape index (κ3) is 2.90. The van der Waals surface area contributed by atoms with Crippen LogP contribution in [0.3, 0.4) is 0 Å². The molecule has 0 aliphatic carbocycles. The second kappa shape index (κ2) is 7.74. The lowest BCUT2D eigenvalue weighted by molar-refractivity contribution is 0.466. The fraction of sp³-hybridized carbons (Fsp3) is 0.111. The quantitative estimate of drug-likeness (QED) is 0.410. The molecule has 28 heavy (non-hydrogen) atoms. The highest BCUT2D eigenvalue weighted by molar-refractivity contribution is 5.63. The highest BCUT2D eigenvalue weighted by Crippen LogP contribution is 2.47. The summed E-state index contributed by atoms with van der Waals surface area (Å²) in [5, 5.41) is 10.7. The van der Waals surface area contributed by atoms with Crippen LogP contribution in [0, 0.1) is 0 Å². The van der Waals surface area contributed by atoms with Gasteiger partial charge in [-0.3, -0.25) is 0 Å². The lowest BCUT2D eigenvalue weighted by Crippen LogP contribution is -2.32. The van der Waals surface area contributed by atoms with Gasteiger partial charge in [0.25, 0.3) is 0 Å². The third-order valence-electron chi connectivity index (χ3n) is 5.53. The Kier molecular flexibility index (Phi) is 4.99. The van der Waals surface area contributed by atoms with Crippen LogP contribution in [-0.2, 0) is 11.8 Å². The average Bonchev–Trinajstić information content (AvgIpc) is 2.77. The molecule has 0 spiro atoms. The zero-order valence-electron chi connectivity index (χ0n) is 16.0. The van der Waals surface area contributed by atoms with Gasteiger partial charge in [0.1, 0.15) is 5.75 Å². The number of benzene rings is 4. The van der Waals surface area contributed by atoms with Gasteiger partial charge >= 0.3 is 0 Å². The molecule has 0 aliphatic rings. The lowest BCUT2D eigenvalue weighted by Gasteiger charge is -2.38. The first-order chi connectivity index (χ1) is 13.8. The first-order valence-corrected chi connectivity index (χ1v) is 9.76. The SMILES string of the molecule is CCc1c(O)cccc1C(c1ccccc1)(c1ccccc1)c1ccccc1. The van der Waals surface area contributed by atoms with Crippen LogP contribution >= 0.6 is 0 Å². The largest absolute Gasteiger partial charge is 0.508 e. The first-order valence-electron chi connectivity index (χ1n) is 9.76. The van der Waals surface area contributed by atoms with Gasteiger partial charge in [0.2, 0.25) is 0 Å². The van der Waals surface area contributed by atoms with Crippen molar-refractivity contribution in [1.82, 2.24) is 0 Å². The van der Waals surface area contributed by atoms with E-state index in [-0.39, 0.29) is 0 Å². The van der Waals surface area contributed by atoms with Crippen LogP contribution in [-0.4, -0.2) is 5.11 Å². The van der Waals surface area contributed by atoms with E-state index in [2.05, 4.69) is 85.8 Å². The summed E-state index contributed by atoms with van der Waals surface area (Å²) in [5.41, 5.74) is 5.17. The number of hydrogen-bond acceptors (Lipinski definition) is 1. The molecule has 0 amide bonds. The Balaban J connectivity index is 2.19. The summed E-state index contributed by atoms with van der Waals surface area (Å²) in [6.07, 6.45) is 0.760. The molecule has 0 saturated carbocycles. The molecule has 4 rings (SSSR count). The molecule has 0 aliphatic heterocycles. The van der Waals surface area contributed by atoms with Gasteiger partial charge in [-0.1, -0.05) is 110 Å². The molecule has 0 heterocycles. The second-order valence-corrected chi connectivity index (χ2v) is 7.00. The minimum absolute atomic E-state index is 0.354. The highest BCUT2D eigenvalue weighted by Gasteiger charge is 2.39. The van der Waals surface area contributed by atoms with Crippen LogP contribution < -0.4 is 0 Å². The van der Waals surface area contributed by atoms with Crippen molar-refractivity contribution >= 4 is 0 Å². The van der Waals surface area contributed by atoms with Crippen molar-refractivity contribution in [3.05, 3.63) is 137 Å². The topological polar surface area (TPSA) is 20.2 Å². The maximum Gasteiger partial charge on any atom is 0.119 e. The van der Waals surface area contributed by atoms with E-state index in [4.69, 9.17) is 0 Å². The molecule has 0 bridgehead atoms. The van der Waals surface area contributed by atoms with E-state index in [0.717, 1.165) is 17.5 Å². The molecule has 1 heteroatoms. The summed E-state index contributed by atoms with van der Waals surface area (Å²) in [6.45, 7) is 2.10. The van der Waals surface area contributed by atoms with Crippen molar-refractivity contribution < 1.29 is 5.11 Å². The normalized spacial score (nSPS) is 11.3. The molecule has 0 saturated heterocycles. The van der Waals surface area contributed by atoms with Gasteiger partial charge in [-0.25, -0.2) is 0 Å². The Morgan fingerprint density at radius 1 is 0.571 bits per heavy atom. The van der Waals surface area contributed by atoms with Crippen molar-refractivity contribution in [2.45, 2.75) is 18.8 Å². The summed E-state index contributed by atoms with van der Waals surface area (Å²) in [5.74, 6) is 0.354. The lowest BCUT2D eigenvalue weighted by atomic mass is 9.63. The summed E-state index contributed by atoms with van der Waals surface area (Å²) >= 11 is 0.